The van der Waals surface area contributed by atoms with Gasteiger partial charge in [0.05, 0.1) is 0 Å². The maximum absolute atomic E-state index is 11.6. The number of nitrogens with one attached hydrogen (secondary N) is 1. The van der Waals surface area contributed by atoms with E-state index in [0.29, 0.717) is 25.8 Å². The van der Waals surface area contributed by atoms with Gasteiger partial charge in [-0.2, -0.15) is 0 Å². The lowest BCUT2D eigenvalue weighted by atomic mass is 10.1. The number of aliphatic hydroxyl groups is 1. The average Bonchev–Trinajstić information content (AvgIpc) is 2.36. The molecule has 1 unspecified atom stereocenters. The third-order valence-electron chi connectivity index (χ3n) is 2.88. The molecule has 1 rings (SSSR count). The van der Waals surface area contributed by atoms with Gasteiger partial charge in [0, 0.05) is 19.6 Å². The molecule has 1 aromatic carbocycles. The lowest BCUT2D eigenvalue weighted by Crippen LogP contribution is -2.28. The normalized spacial score (nSPS) is 12.1. The standard InChI is InChI=1S/C14H21NO3/c1-11(8-9-16)10-15-14(18)7-6-12-4-2-3-5-13(12)17/h2-5,11,16-17H,6-10H2,1H3,(H,15,18). The summed E-state index contributed by atoms with van der Waals surface area (Å²) < 4.78 is 0. The number of amides is 1. The van der Waals surface area contributed by atoms with E-state index >= 15 is 0 Å². The fourth-order valence-corrected chi connectivity index (χ4v) is 1.67. The second-order valence-electron chi connectivity index (χ2n) is 4.55. The van der Waals surface area contributed by atoms with Crippen LogP contribution in [0.5, 0.6) is 5.75 Å². The van der Waals surface area contributed by atoms with Crippen molar-refractivity contribution < 1.29 is 15.0 Å². The van der Waals surface area contributed by atoms with Crippen LogP contribution in [0.4, 0.5) is 0 Å². The molecule has 0 aliphatic carbocycles. The van der Waals surface area contributed by atoms with Crippen molar-refractivity contribution in [2.45, 2.75) is 26.2 Å². The van der Waals surface area contributed by atoms with Gasteiger partial charge in [0.1, 0.15) is 5.75 Å². The summed E-state index contributed by atoms with van der Waals surface area (Å²) in [5, 5.41) is 21.1. The summed E-state index contributed by atoms with van der Waals surface area (Å²) in [6.45, 7) is 2.72. The Balaban J connectivity index is 2.27. The molecule has 4 heteroatoms. The quantitative estimate of drug-likeness (QED) is 0.687. The molecular formula is C14H21NO3. The fraction of sp³-hybridized carbons (Fsp3) is 0.500. The second-order valence-corrected chi connectivity index (χ2v) is 4.55. The molecule has 0 saturated heterocycles. The molecule has 0 aromatic heterocycles. The minimum absolute atomic E-state index is 0.0250. The first kappa shape index (κ1) is 14.5. The van der Waals surface area contributed by atoms with E-state index in [1.165, 1.54) is 0 Å². The molecule has 3 N–H and O–H groups in total. The van der Waals surface area contributed by atoms with Crippen LogP contribution in [-0.2, 0) is 11.2 Å². The predicted octanol–water partition coefficient (Wildman–Crippen LogP) is 1.46. The molecule has 1 atom stereocenters. The smallest absolute Gasteiger partial charge is 0.220 e. The SMILES string of the molecule is CC(CCO)CNC(=O)CCc1ccccc1O. The topological polar surface area (TPSA) is 69.6 Å². The number of hydrogen-bond acceptors (Lipinski definition) is 3. The van der Waals surface area contributed by atoms with Crippen molar-refractivity contribution in [3.63, 3.8) is 0 Å². The zero-order valence-corrected chi connectivity index (χ0v) is 10.7. The van der Waals surface area contributed by atoms with Gasteiger partial charge in [0.25, 0.3) is 0 Å². The third-order valence-corrected chi connectivity index (χ3v) is 2.88. The van der Waals surface area contributed by atoms with Gasteiger partial charge < -0.3 is 15.5 Å². The van der Waals surface area contributed by atoms with E-state index in [9.17, 15) is 9.90 Å². The van der Waals surface area contributed by atoms with Gasteiger partial charge >= 0.3 is 0 Å². The van der Waals surface area contributed by atoms with E-state index in [0.717, 1.165) is 5.56 Å². The fourth-order valence-electron chi connectivity index (χ4n) is 1.67. The molecular weight excluding hydrogens is 230 g/mol. The summed E-state index contributed by atoms with van der Waals surface area (Å²) in [5.74, 6) is 0.492. The number of rotatable bonds is 7. The third kappa shape index (κ3) is 5.19. The Bertz CT molecular complexity index is 379. The van der Waals surface area contributed by atoms with Crippen molar-refractivity contribution in [1.29, 1.82) is 0 Å². The van der Waals surface area contributed by atoms with E-state index in [4.69, 9.17) is 5.11 Å². The number of phenols is 1. The van der Waals surface area contributed by atoms with Crippen LogP contribution in [0, 0.1) is 5.92 Å². The Morgan fingerprint density at radius 1 is 1.39 bits per heavy atom. The molecule has 100 valence electrons. The van der Waals surface area contributed by atoms with Gasteiger partial charge in [-0.05, 0) is 30.4 Å². The van der Waals surface area contributed by atoms with Crippen molar-refractivity contribution in [3.8, 4) is 5.75 Å². The molecule has 4 nitrogen and oxygen atoms in total. The number of aromatic hydroxyl groups is 1. The summed E-state index contributed by atoms with van der Waals surface area (Å²) in [7, 11) is 0. The summed E-state index contributed by atoms with van der Waals surface area (Å²) in [6.07, 6.45) is 1.59. The number of aliphatic hydroxyl groups excluding tert-OH is 1. The van der Waals surface area contributed by atoms with Crippen LogP contribution in [0.1, 0.15) is 25.3 Å². The van der Waals surface area contributed by atoms with Gasteiger partial charge in [0.15, 0.2) is 0 Å². The zero-order valence-electron chi connectivity index (χ0n) is 10.7. The maximum atomic E-state index is 11.6. The highest BCUT2D eigenvalue weighted by Gasteiger charge is 2.07. The van der Waals surface area contributed by atoms with E-state index in [-0.39, 0.29) is 24.2 Å². The van der Waals surface area contributed by atoms with E-state index in [1.54, 1.807) is 12.1 Å². The Hall–Kier alpha value is -1.55. The van der Waals surface area contributed by atoms with Crippen LogP contribution in [0.25, 0.3) is 0 Å². The van der Waals surface area contributed by atoms with Gasteiger partial charge in [-0.3, -0.25) is 4.79 Å². The molecule has 0 spiro atoms. The Kier molecular flexibility index (Phi) is 6.22. The average molecular weight is 251 g/mol. The van der Waals surface area contributed by atoms with Gasteiger partial charge in [-0.25, -0.2) is 0 Å². The Morgan fingerprint density at radius 3 is 2.78 bits per heavy atom. The van der Waals surface area contributed by atoms with Gasteiger partial charge in [-0.15, -0.1) is 0 Å². The summed E-state index contributed by atoms with van der Waals surface area (Å²) in [6, 6.07) is 7.04. The van der Waals surface area contributed by atoms with Crippen molar-refractivity contribution in [2.75, 3.05) is 13.2 Å². The number of carbonyl (C=O) groups excluding carboxylic acids is 1. The molecule has 0 fully saturated rings. The molecule has 0 aliphatic heterocycles. The second kappa shape index (κ2) is 7.71. The number of aryl methyl sites for hydroxylation is 1. The number of phenolic OH excluding ortho intramolecular Hbond substituents is 1. The highest BCUT2D eigenvalue weighted by Crippen LogP contribution is 2.17. The molecule has 0 saturated carbocycles. The van der Waals surface area contributed by atoms with E-state index < -0.39 is 0 Å². The highest BCUT2D eigenvalue weighted by atomic mass is 16.3. The largest absolute Gasteiger partial charge is 0.508 e. The van der Waals surface area contributed by atoms with Crippen molar-refractivity contribution in [2.24, 2.45) is 5.92 Å². The molecule has 0 heterocycles. The lowest BCUT2D eigenvalue weighted by Gasteiger charge is -2.11. The van der Waals surface area contributed by atoms with Crippen LogP contribution < -0.4 is 5.32 Å². The minimum Gasteiger partial charge on any atom is -0.508 e. The van der Waals surface area contributed by atoms with E-state index in [1.807, 2.05) is 19.1 Å². The van der Waals surface area contributed by atoms with Crippen LogP contribution >= 0.6 is 0 Å². The summed E-state index contributed by atoms with van der Waals surface area (Å²) >= 11 is 0. The van der Waals surface area contributed by atoms with Crippen LogP contribution in [0.15, 0.2) is 24.3 Å². The first-order valence-corrected chi connectivity index (χ1v) is 6.28. The van der Waals surface area contributed by atoms with Gasteiger partial charge in [-0.1, -0.05) is 25.1 Å². The minimum atomic E-state index is -0.0250. The van der Waals surface area contributed by atoms with Crippen molar-refractivity contribution in [1.82, 2.24) is 5.32 Å². The summed E-state index contributed by atoms with van der Waals surface area (Å²) in [4.78, 5) is 11.6. The van der Waals surface area contributed by atoms with Gasteiger partial charge in [0.2, 0.25) is 5.91 Å². The maximum Gasteiger partial charge on any atom is 0.220 e. The van der Waals surface area contributed by atoms with Crippen LogP contribution in [0.3, 0.4) is 0 Å². The number of benzene rings is 1. The van der Waals surface area contributed by atoms with Crippen molar-refractivity contribution >= 4 is 5.91 Å². The zero-order chi connectivity index (χ0) is 13.4. The molecule has 18 heavy (non-hydrogen) atoms. The molecule has 0 radical (unpaired) electrons. The Labute approximate surface area is 108 Å². The summed E-state index contributed by atoms with van der Waals surface area (Å²) in [5.41, 5.74) is 0.788. The van der Waals surface area contributed by atoms with Crippen LogP contribution in [0.2, 0.25) is 0 Å². The lowest BCUT2D eigenvalue weighted by molar-refractivity contribution is -0.121. The number of carbonyl (C=O) groups is 1. The number of hydrogen-bond donors (Lipinski definition) is 3. The van der Waals surface area contributed by atoms with E-state index in [2.05, 4.69) is 5.32 Å². The van der Waals surface area contributed by atoms with Crippen molar-refractivity contribution in [3.05, 3.63) is 29.8 Å². The first-order chi connectivity index (χ1) is 8.63. The highest BCUT2D eigenvalue weighted by molar-refractivity contribution is 5.76. The molecule has 0 bridgehead atoms. The monoisotopic (exact) mass is 251 g/mol. The molecule has 1 amide bonds. The predicted molar refractivity (Wildman–Crippen MR) is 70.3 cm³/mol. The van der Waals surface area contributed by atoms with Crippen LogP contribution in [-0.4, -0.2) is 29.3 Å². The molecule has 0 aliphatic rings. The first-order valence-electron chi connectivity index (χ1n) is 6.28. The number of para-hydroxylation sites is 1. The Morgan fingerprint density at radius 2 is 2.11 bits per heavy atom. The molecule has 1 aromatic rings.